The number of imide groups is 1. The Labute approximate surface area is 195 Å². The number of carbonyl (C=O) groups is 5. The summed E-state index contributed by atoms with van der Waals surface area (Å²) in [5, 5.41) is 15.7. The van der Waals surface area contributed by atoms with E-state index < -0.39 is 29.7 Å². The Morgan fingerprint density at radius 2 is 1.38 bits per heavy atom. The second-order valence-electron chi connectivity index (χ2n) is 6.71. The van der Waals surface area contributed by atoms with Crippen molar-refractivity contribution in [2.24, 2.45) is 0 Å². The van der Waals surface area contributed by atoms with Crippen LogP contribution >= 0.6 is 0 Å². The summed E-state index contributed by atoms with van der Waals surface area (Å²) in [6.07, 6.45) is 6.21. The molecule has 1 aromatic rings. The monoisotopic (exact) mass is 472 g/mol. The van der Waals surface area contributed by atoms with Gasteiger partial charge in [0.15, 0.2) is 0 Å². The summed E-state index contributed by atoms with van der Waals surface area (Å²) in [7, 11) is 0. The van der Waals surface area contributed by atoms with Gasteiger partial charge in [-0.25, -0.2) is 9.69 Å². The van der Waals surface area contributed by atoms with Crippen LogP contribution in [0.1, 0.15) is 20.7 Å². The van der Waals surface area contributed by atoms with Crippen molar-refractivity contribution < 1.29 is 38.6 Å². The maximum Gasteiger partial charge on any atom is 0.404 e. The third kappa shape index (κ3) is 8.05. The first-order chi connectivity index (χ1) is 16.3. The van der Waals surface area contributed by atoms with E-state index in [0.717, 1.165) is 17.1 Å². The van der Waals surface area contributed by atoms with Crippen molar-refractivity contribution in [2.75, 3.05) is 51.0 Å². The molecule has 0 bridgehead atoms. The first kappa shape index (κ1) is 26.0. The smallest absolute Gasteiger partial charge is 0.404 e. The van der Waals surface area contributed by atoms with Crippen LogP contribution in [0.5, 0.6) is 0 Å². The number of hydrogen-bond acceptors (Lipinski definition) is 7. The Bertz CT molecular complexity index is 997. The molecule has 0 saturated carbocycles. The number of benzene rings is 1. The SMILES string of the molecule is C#CCNC(=O)c1cc(C(=O)NCCOCCOCCNC(=O)O)cc(N2C(=O)C=CC2=O)c1. The van der Waals surface area contributed by atoms with Crippen LogP contribution in [0.15, 0.2) is 30.4 Å². The average molecular weight is 472 g/mol. The molecule has 2 rings (SSSR count). The highest BCUT2D eigenvalue weighted by molar-refractivity contribution is 6.28. The third-order valence-corrected chi connectivity index (χ3v) is 4.29. The lowest BCUT2D eigenvalue weighted by molar-refractivity contribution is -0.120. The van der Waals surface area contributed by atoms with Crippen LogP contribution in [0.3, 0.4) is 0 Å². The molecule has 4 N–H and O–H groups in total. The zero-order chi connectivity index (χ0) is 24.9. The first-order valence-electron chi connectivity index (χ1n) is 10.2. The number of rotatable bonds is 13. The summed E-state index contributed by atoms with van der Waals surface area (Å²) in [6, 6.07) is 3.97. The summed E-state index contributed by atoms with van der Waals surface area (Å²) < 4.78 is 10.5. The molecule has 0 saturated heterocycles. The van der Waals surface area contributed by atoms with E-state index in [4.69, 9.17) is 21.0 Å². The molecule has 12 nitrogen and oxygen atoms in total. The summed E-state index contributed by atoms with van der Waals surface area (Å²) in [5.74, 6) is -0.0272. The molecule has 0 aliphatic carbocycles. The number of nitrogens with zero attached hydrogens (tertiary/aromatic N) is 1. The lowest BCUT2D eigenvalue weighted by Gasteiger charge is -2.17. The maximum absolute atomic E-state index is 12.6. The van der Waals surface area contributed by atoms with Crippen LogP contribution in [0.4, 0.5) is 10.5 Å². The van der Waals surface area contributed by atoms with Crippen LogP contribution in [0.2, 0.25) is 0 Å². The molecule has 0 fully saturated rings. The summed E-state index contributed by atoms with van der Waals surface area (Å²) in [5.41, 5.74) is 0.186. The van der Waals surface area contributed by atoms with Gasteiger partial charge in [0.25, 0.3) is 23.6 Å². The van der Waals surface area contributed by atoms with Gasteiger partial charge in [-0.3, -0.25) is 19.2 Å². The number of carboxylic acid groups (broad SMARTS) is 1. The van der Waals surface area contributed by atoms with E-state index in [2.05, 4.69) is 21.9 Å². The Kier molecular flexibility index (Phi) is 10.2. The van der Waals surface area contributed by atoms with Gasteiger partial charge in [-0.15, -0.1) is 6.42 Å². The Balaban J connectivity index is 1.92. The molecule has 1 aliphatic heterocycles. The fourth-order valence-electron chi connectivity index (χ4n) is 2.78. The van der Waals surface area contributed by atoms with Crippen molar-refractivity contribution >= 4 is 35.4 Å². The lowest BCUT2D eigenvalue weighted by atomic mass is 10.1. The van der Waals surface area contributed by atoms with Crippen LogP contribution in [0, 0.1) is 12.3 Å². The van der Waals surface area contributed by atoms with Gasteiger partial charge in [0.2, 0.25) is 0 Å². The predicted octanol–water partition coefficient (Wildman–Crippen LogP) is -0.490. The molecular weight excluding hydrogens is 448 g/mol. The molecule has 1 aliphatic rings. The number of anilines is 1. The van der Waals surface area contributed by atoms with E-state index in [1.807, 2.05) is 0 Å². The molecule has 0 radical (unpaired) electrons. The van der Waals surface area contributed by atoms with Gasteiger partial charge in [-0.1, -0.05) is 5.92 Å². The van der Waals surface area contributed by atoms with E-state index in [9.17, 15) is 24.0 Å². The van der Waals surface area contributed by atoms with Gasteiger partial charge in [-0.2, -0.15) is 0 Å². The maximum atomic E-state index is 12.6. The van der Waals surface area contributed by atoms with Crippen LogP contribution in [-0.4, -0.2) is 80.9 Å². The molecule has 0 atom stereocenters. The third-order valence-electron chi connectivity index (χ3n) is 4.29. The number of nitrogens with one attached hydrogen (secondary N) is 3. The average Bonchev–Trinajstić information content (AvgIpc) is 3.15. The first-order valence-corrected chi connectivity index (χ1v) is 10.2. The van der Waals surface area contributed by atoms with Crippen LogP contribution < -0.4 is 20.9 Å². The second kappa shape index (κ2) is 13.4. The number of ether oxygens (including phenoxy) is 2. The van der Waals surface area contributed by atoms with E-state index >= 15 is 0 Å². The standard InChI is InChI=1S/C22H24N4O8/c1-2-5-23-20(29)15-12-16(14-17(13-15)26-18(27)3-4-19(26)28)21(30)24-6-8-33-10-11-34-9-7-25-22(31)32/h1,3-4,12-14,25H,5-11H2,(H,23,29)(H,24,30)(H,31,32). The van der Waals surface area contributed by atoms with E-state index in [1.54, 1.807) is 0 Å². The van der Waals surface area contributed by atoms with Crippen molar-refractivity contribution in [2.45, 2.75) is 0 Å². The Morgan fingerprint density at radius 3 is 1.91 bits per heavy atom. The lowest BCUT2D eigenvalue weighted by Crippen LogP contribution is -2.32. The Hall–Kier alpha value is -4.21. The highest BCUT2D eigenvalue weighted by Crippen LogP contribution is 2.23. The molecule has 0 aromatic heterocycles. The zero-order valence-corrected chi connectivity index (χ0v) is 18.2. The van der Waals surface area contributed by atoms with Gasteiger partial charge < -0.3 is 30.5 Å². The normalized spacial score (nSPS) is 12.4. The molecule has 0 spiro atoms. The largest absolute Gasteiger partial charge is 0.465 e. The van der Waals surface area contributed by atoms with Crippen LogP contribution in [0.25, 0.3) is 0 Å². The number of terminal acetylenes is 1. The molecule has 0 unspecified atom stereocenters. The molecular formula is C22H24N4O8. The van der Waals surface area contributed by atoms with Crippen molar-refractivity contribution in [3.8, 4) is 12.3 Å². The summed E-state index contributed by atoms with van der Waals surface area (Å²) >= 11 is 0. The molecule has 1 heterocycles. The van der Waals surface area contributed by atoms with Crippen molar-refractivity contribution in [3.63, 3.8) is 0 Å². The molecule has 12 heteroatoms. The van der Waals surface area contributed by atoms with E-state index in [-0.39, 0.29) is 62.9 Å². The summed E-state index contributed by atoms with van der Waals surface area (Å²) in [4.78, 5) is 60.2. The number of carbonyl (C=O) groups excluding carboxylic acids is 4. The predicted molar refractivity (Wildman–Crippen MR) is 119 cm³/mol. The number of hydrogen-bond donors (Lipinski definition) is 4. The molecule has 1 aromatic carbocycles. The second-order valence-corrected chi connectivity index (χ2v) is 6.71. The van der Waals surface area contributed by atoms with Crippen molar-refractivity contribution in [1.82, 2.24) is 16.0 Å². The van der Waals surface area contributed by atoms with Gasteiger partial charge in [-0.05, 0) is 18.2 Å². The highest BCUT2D eigenvalue weighted by atomic mass is 16.5. The van der Waals surface area contributed by atoms with E-state index in [1.165, 1.54) is 18.2 Å². The Morgan fingerprint density at radius 1 is 0.853 bits per heavy atom. The van der Waals surface area contributed by atoms with Crippen LogP contribution in [-0.2, 0) is 19.1 Å². The van der Waals surface area contributed by atoms with Gasteiger partial charge in [0.1, 0.15) is 0 Å². The van der Waals surface area contributed by atoms with E-state index in [0.29, 0.717) is 0 Å². The fraction of sp³-hybridized carbons (Fsp3) is 0.318. The van der Waals surface area contributed by atoms with Gasteiger partial charge in [0.05, 0.1) is 38.7 Å². The van der Waals surface area contributed by atoms with Crippen molar-refractivity contribution in [1.29, 1.82) is 0 Å². The minimum absolute atomic E-state index is 0.0369. The minimum atomic E-state index is -1.13. The van der Waals surface area contributed by atoms with Crippen molar-refractivity contribution in [3.05, 3.63) is 41.5 Å². The minimum Gasteiger partial charge on any atom is -0.465 e. The number of amides is 5. The summed E-state index contributed by atoms with van der Waals surface area (Å²) in [6.45, 7) is 1.14. The fourth-order valence-corrected chi connectivity index (χ4v) is 2.78. The quantitative estimate of drug-likeness (QED) is 0.170. The topological polar surface area (TPSA) is 163 Å². The zero-order valence-electron chi connectivity index (χ0n) is 18.2. The molecule has 34 heavy (non-hydrogen) atoms. The van der Waals surface area contributed by atoms with Gasteiger partial charge in [0, 0.05) is 36.4 Å². The molecule has 5 amide bonds. The highest BCUT2D eigenvalue weighted by Gasteiger charge is 2.27. The van der Waals surface area contributed by atoms with Gasteiger partial charge >= 0.3 is 6.09 Å². The molecule has 180 valence electrons.